The molecule has 4 nitrogen and oxygen atoms in total. The van der Waals surface area contributed by atoms with E-state index in [0.717, 1.165) is 12.1 Å². The second-order valence-corrected chi connectivity index (χ2v) is 8.65. The normalized spacial score (nSPS) is 11.6. The van der Waals surface area contributed by atoms with Crippen molar-refractivity contribution in [3.05, 3.63) is 48.5 Å². The van der Waals surface area contributed by atoms with E-state index in [2.05, 4.69) is 15.9 Å². The third kappa shape index (κ3) is 3.60. The highest BCUT2D eigenvalue weighted by Crippen LogP contribution is 2.33. The molecule has 21 heavy (non-hydrogen) atoms. The van der Waals surface area contributed by atoms with E-state index < -0.39 is 15.8 Å². The van der Waals surface area contributed by atoms with Gasteiger partial charge in [0.1, 0.15) is 0 Å². The lowest BCUT2D eigenvalue weighted by Crippen LogP contribution is -2.08. The zero-order chi connectivity index (χ0) is 15.8. The first-order valence-corrected chi connectivity index (χ1v) is 9.47. The summed E-state index contributed by atoms with van der Waals surface area (Å²) in [5.41, 5.74) is -0.301. The number of carboxylic acid groups (broad SMARTS) is 1. The number of aromatic carboxylic acids is 1. The summed E-state index contributed by atoms with van der Waals surface area (Å²) in [5, 5.41) is 10.6. The molecule has 0 saturated heterocycles. The van der Waals surface area contributed by atoms with Crippen molar-refractivity contribution in [3.63, 3.8) is 0 Å². The number of sulfone groups is 1. The van der Waals surface area contributed by atoms with Crippen molar-refractivity contribution in [2.45, 2.75) is 10.6 Å². The van der Waals surface area contributed by atoms with Gasteiger partial charge in [-0.2, -0.15) is 0 Å². The second-order valence-electron chi connectivity index (χ2n) is 4.02. The van der Waals surface area contributed by atoms with Crippen LogP contribution in [0.25, 0.3) is 0 Å². The smallest absolute Gasteiger partial charge is 0.337 e. The zero-order valence-corrected chi connectivity index (χ0v) is 14.9. The summed E-state index contributed by atoms with van der Waals surface area (Å²) < 4.78 is 25.5. The van der Waals surface area contributed by atoms with Crippen LogP contribution in [0.5, 0.6) is 0 Å². The molecule has 0 spiro atoms. The average Bonchev–Trinajstić information content (AvgIpc) is 2.73. The molecule has 0 aliphatic carbocycles. The number of thiophene rings is 1. The molecule has 0 aliphatic heterocycles. The molecule has 0 saturated carbocycles. The van der Waals surface area contributed by atoms with Gasteiger partial charge in [-0.1, -0.05) is 23.2 Å². The van der Waals surface area contributed by atoms with Gasteiger partial charge < -0.3 is 5.11 Å². The first kappa shape index (κ1) is 16.8. The Morgan fingerprint density at radius 2 is 1.95 bits per heavy atom. The van der Waals surface area contributed by atoms with Gasteiger partial charge in [-0.3, -0.25) is 0 Å². The van der Waals surface area contributed by atoms with Crippen molar-refractivity contribution in [1.82, 2.24) is 0 Å². The number of carboxylic acids is 1. The SMILES string of the molecule is O=C(O)c1cc(S(=O)(=O)Cc2sccc2Br)c(Cl)cc1Cl. The molecule has 1 heterocycles. The Hall–Kier alpha value is -0.600. The third-order valence-corrected chi connectivity index (χ3v) is 7.12. The lowest BCUT2D eigenvalue weighted by atomic mass is 10.2. The van der Waals surface area contributed by atoms with Gasteiger partial charge >= 0.3 is 5.97 Å². The molecule has 112 valence electrons. The van der Waals surface area contributed by atoms with Crippen LogP contribution in [0.2, 0.25) is 10.0 Å². The fourth-order valence-electron chi connectivity index (χ4n) is 1.61. The number of hydrogen-bond donors (Lipinski definition) is 1. The van der Waals surface area contributed by atoms with Gasteiger partial charge in [-0.25, -0.2) is 13.2 Å². The Bertz CT molecular complexity index is 815. The first-order chi connectivity index (χ1) is 9.72. The van der Waals surface area contributed by atoms with Crippen LogP contribution < -0.4 is 0 Å². The Morgan fingerprint density at radius 3 is 2.48 bits per heavy atom. The number of halogens is 3. The van der Waals surface area contributed by atoms with E-state index in [1.165, 1.54) is 11.3 Å². The molecule has 0 radical (unpaired) electrons. The average molecular weight is 430 g/mol. The van der Waals surface area contributed by atoms with Crippen LogP contribution in [0.4, 0.5) is 0 Å². The molecule has 9 heteroatoms. The van der Waals surface area contributed by atoms with Crippen molar-refractivity contribution < 1.29 is 18.3 Å². The van der Waals surface area contributed by atoms with Crippen molar-refractivity contribution in [1.29, 1.82) is 0 Å². The van der Waals surface area contributed by atoms with E-state index in [1.54, 1.807) is 11.4 Å². The minimum Gasteiger partial charge on any atom is -0.478 e. The maximum Gasteiger partial charge on any atom is 0.337 e. The Morgan fingerprint density at radius 1 is 1.29 bits per heavy atom. The lowest BCUT2D eigenvalue weighted by Gasteiger charge is -2.08. The van der Waals surface area contributed by atoms with Gasteiger partial charge in [0, 0.05) is 9.35 Å². The molecule has 1 aromatic heterocycles. The fraction of sp³-hybridized carbons (Fsp3) is 0.0833. The molecule has 1 N–H and O–H groups in total. The van der Waals surface area contributed by atoms with Gasteiger partial charge in [0.05, 0.1) is 26.3 Å². The number of benzene rings is 1. The monoisotopic (exact) mass is 428 g/mol. The van der Waals surface area contributed by atoms with Crippen LogP contribution in [0.3, 0.4) is 0 Å². The molecular weight excluding hydrogens is 423 g/mol. The van der Waals surface area contributed by atoms with Crippen LogP contribution >= 0.6 is 50.5 Å². The quantitative estimate of drug-likeness (QED) is 0.776. The molecule has 0 fully saturated rings. The summed E-state index contributed by atoms with van der Waals surface area (Å²) in [4.78, 5) is 11.4. The van der Waals surface area contributed by atoms with E-state index in [1.807, 2.05) is 0 Å². The predicted molar refractivity (Wildman–Crippen MR) is 86.3 cm³/mol. The number of carbonyl (C=O) groups is 1. The molecule has 0 unspecified atom stereocenters. The fourth-order valence-corrected chi connectivity index (χ4v) is 5.94. The van der Waals surface area contributed by atoms with E-state index in [9.17, 15) is 13.2 Å². The second kappa shape index (κ2) is 6.26. The highest BCUT2D eigenvalue weighted by Gasteiger charge is 2.24. The van der Waals surface area contributed by atoms with Gasteiger partial charge in [0.25, 0.3) is 0 Å². The van der Waals surface area contributed by atoms with Crippen molar-refractivity contribution in [2.75, 3.05) is 0 Å². The maximum atomic E-state index is 12.4. The minimum atomic E-state index is -3.78. The molecular formula is C12H7BrCl2O4S2. The zero-order valence-electron chi connectivity index (χ0n) is 10.1. The molecule has 1 aromatic carbocycles. The lowest BCUT2D eigenvalue weighted by molar-refractivity contribution is 0.0697. The summed E-state index contributed by atoms with van der Waals surface area (Å²) in [6, 6.07) is 3.86. The third-order valence-electron chi connectivity index (χ3n) is 2.60. The van der Waals surface area contributed by atoms with Crippen LogP contribution in [0.1, 0.15) is 15.2 Å². The highest BCUT2D eigenvalue weighted by molar-refractivity contribution is 9.10. The topological polar surface area (TPSA) is 71.4 Å². The summed E-state index contributed by atoms with van der Waals surface area (Å²) in [6.07, 6.45) is 0. The molecule has 0 aliphatic rings. The summed E-state index contributed by atoms with van der Waals surface area (Å²) in [6.45, 7) is 0. The Kier molecular flexibility index (Phi) is 4.99. The van der Waals surface area contributed by atoms with Crippen molar-refractivity contribution >= 4 is 66.3 Å². The van der Waals surface area contributed by atoms with Gasteiger partial charge in [0.15, 0.2) is 9.84 Å². The van der Waals surface area contributed by atoms with Gasteiger partial charge in [-0.15, -0.1) is 11.3 Å². The first-order valence-electron chi connectivity index (χ1n) is 5.39. The molecule has 2 aromatic rings. The molecule has 0 atom stereocenters. The van der Waals surface area contributed by atoms with Crippen LogP contribution in [-0.4, -0.2) is 19.5 Å². The van der Waals surface area contributed by atoms with Gasteiger partial charge in [-0.05, 0) is 39.5 Å². The van der Waals surface area contributed by atoms with Gasteiger partial charge in [0.2, 0.25) is 0 Å². The van der Waals surface area contributed by atoms with Crippen LogP contribution in [-0.2, 0) is 15.6 Å². The van der Waals surface area contributed by atoms with Crippen molar-refractivity contribution in [2.24, 2.45) is 0 Å². The van der Waals surface area contributed by atoms with Crippen molar-refractivity contribution in [3.8, 4) is 0 Å². The Balaban J connectivity index is 2.52. The Labute approximate surface area is 143 Å². The van der Waals surface area contributed by atoms with E-state index in [4.69, 9.17) is 28.3 Å². The van der Waals surface area contributed by atoms with Crippen LogP contribution in [0, 0.1) is 0 Å². The minimum absolute atomic E-state index is 0.0994. The van der Waals surface area contributed by atoms with Crippen LogP contribution in [0.15, 0.2) is 32.9 Å². The molecule has 0 bridgehead atoms. The largest absolute Gasteiger partial charge is 0.478 e. The van der Waals surface area contributed by atoms with E-state index in [0.29, 0.717) is 9.35 Å². The number of hydrogen-bond acceptors (Lipinski definition) is 4. The molecule has 2 rings (SSSR count). The highest BCUT2D eigenvalue weighted by atomic mass is 79.9. The predicted octanol–water partition coefficient (Wildman–Crippen LogP) is 4.49. The van der Waals surface area contributed by atoms with E-state index in [-0.39, 0.29) is 26.3 Å². The summed E-state index contributed by atoms with van der Waals surface area (Å²) >= 11 is 16.2. The maximum absolute atomic E-state index is 12.4. The summed E-state index contributed by atoms with van der Waals surface area (Å²) in [5.74, 6) is -1.59. The molecule has 0 amide bonds. The van der Waals surface area contributed by atoms with E-state index >= 15 is 0 Å². The summed E-state index contributed by atoms with van der Waals surface area (Å²) in [7, 11) is -3.78. The standard InChI is InChI=1S/C12H7BrCl2O4S2/c13-7-1-2-20-10(7)5-21(18,19)11-3-6(12(16)17)8(14)4-9(11)15/h1-4H,5H2,(H,16,17). The number of rotatable bonds is 4.